The number of thiophene rings is 1. The number of rotatable bonds is 8. The molecule has 0 radical (unpaired) electrons. The molecule has 142 valence electrons. The summed E-state index contributed by atoms with van der Waals surface area (Å²) in [5.74, 6) is -0.812. The van der Waals surface area contributed by atoms with Crippen LogP contribution in [0.3, 0.4) is 0 Å². The molecular formula is C18H16ClFN2O3S2. The fraction of sp³-hybridized carbons (Fsp3) is 0.278. The van der Waals surface area contributed by atoms with Crippen LogP contribution in [0.25, 0.3) is 10.2 Å². The molecule has 3 rings (SSSR count). The molecule has 1 aromatic carbocycles. The third kappa shape index (κ3) is 4.88. The second-order valence-electron chi connectivity index (χ2n) is 5.86. The van der Waals surface area contributed by atoms with E-state index in [2.05, 4.69) is 4.98 Å². The van der Waals surface area contributed by atoms with E-state index in [1.807, 2.05) is 5.38 Å². The Bertz CT molecular complexity index is 1040. The van der Waals surface area contributed by atoms with Crippen molar-refractivity contribution >= 4 is 50.9 Å². The van der Waals surface area contributed by atoms with Crippen LogP contribution in [0.4, 0.5) is 4.39 Å². The zero-order valence-electron chi connectivity index (χ0n) is 14.2. The Hall–Kier alpha value is -1.90. The smallest absolute Gasteiger partial charge is 0.303 e. The first-order valence-corrected chi connectivity index (χ1v) is 10.5. The molecule has 2 aromatic heterocycles. The summed E-state index contributed by atoms with van der Waals surface area (Å²) in [5.41, 5.74) is 1.26. The lowest BCUT2D eigenvalue weighted by molar-refractivity contribution is -0.137. The van der Waals surface area contributed by atoms with E-state index in [0.29, 0.717) is 45.5 Å². The third-order valence-corrected chi connectivity index (χ3v) is 6.19. The van der Waals surface area contributed by atoms with Crippen molar-refractivity contribution < 1.29 is 14.3 Å². The number of aromatic nitrogens is 2. The number of hydrogen-bond acceptors (Lipinski definition) is 5. The Morgan fingerprint density at radius 1 is 1.33 bits per heavy atom. The van der Waals surface area contributed by atoms with Crippen molar-refractivity contribution in [3.63, 3.8) is 0 Å². The molecule has 0 fully saturated rings. The van der Waals surface area contributed by atoms with Gasteiger partial charge in [0, 0.05) is 23.7 Å². The number of halogens is 2. The van der Waals surface area contributed by atoms with Gasteiger partial charge in [0.2, 0.25) is 0 Å². The molecule has 0 aliphatic heterocycles. The van der Waals surface area contributed by atoms with Crippen molar-refractivity contribution in [1.29, 1.82) is 0 Å². The van der Waals surface area contributed by atoms with Crippen LogP contribution in [-0.2, 0) is 17.1 Å². The number of fused-ring (bicyclic) bond motifs is 1. The first-order chi connectivity index (χ1) is 13.0. The van der Waals surface area contributed by atoms with Crippen LogP contribution in [0.5, 0.6) is 0 Å². The summed E-state index contributed by atoms with van der Waals surface area (Å²) >= 11 is 8.77. The standard InChI is InChI=1S/C18H16ClFN2O3S2/c19-13-9-12(20)5-4-11(13)10-27-18-21-14-6-8-26-16(14)17(25)22(18)7-2-1-3-15(23)24/h4-6,8-9H,1-3,7,10H2,(H,23,24). The predicted octanol–water partition coefficient (Wildman–Crippen LogP) is 4.80. The van der Waals surface area contributed by atoms with Gasteiger partial charge in [-0.1, -0.05) is 29.4 Å². The number of carbonyl (C=O) groups is 1. The van der Waals surface area contributed by atoms with Crippen molar-refractivity contribution in [2.45, 2.75) is 36.7 Å². The van der Waals surface area contributed by atoms with Crippen molar-refractivity contribution in [3.8, 4) is 0 Å². The highest BCUT2D eigenvalue weighted by molar-refractivity contribution is 7.98. The summed E-state index contributed by atoms with van der Waals surface area (Å²) in [5, 5.41) is 11.5. The van der Waals surface area contributed by atoms with Gasteiger partial charge in [-0.15, -0.1) is 11.3 Å². The number of aliphatic carboxylic acids is 1. The van der Waals surface area contributed by atoms with Crippen molar-refractivity contribution in [3.05, 3.63) is 56.4 Å². The van der Waals surface area contributed by atoms with E-state index in [1.165, 1.54) is 35.2 Å². The van der Waals surface area contributed by atoms with Crippen LogP contribution in [0, 0.1) is 5.82 Å². The minimum Gasteiger partial charge on any atom is -0.481 e. The fourth-order valence-electron chi connectivity index (χ4n) is 2.56. The molecule has 2 heterocycles. The van der Waals surface area contributed by atoms with Gasteiger partial charge in [0.15, 0.2) is 5.16 Å². The van der Waals surface area contributed by atoms with Gasteiger partial charge in [-0.05, 0) is 42.0 Å². The van der Waals surface area contributed by atoms with Crippen LogP contribution < -0.4 is 5.56 Å². The van der Waals surface area contributed by atoms with Crippen LogP contribution >= 0.6 is 34.7 Å². The van der Waals surface area contributed by atoms with Gasteiger partial charge >= 0.3 is 5.97 Å². The number of hydrogen-bond donors (Lipinski definition) is 1. The lowest BCUT2D eigenvalue weighted by atomic mass is 10.2. The summed E-state index contributed by atoms with van der Waals surface area (Å²) in [6.45, 7) is 0.395. The first-order valence-electron chi connectivity index (χ1n) is 8.22. The summed E-state index contributed by atoms with van der Waals surface area (Å²) in [6.07, 6.45) is 1.12. The third-order valence-electron chi connectivity index (χ3n) is 3.93. The van der Waals surface area contributed by atoms with E-state index in [0.717, 1.165) is 5.56 Å². The molecule has 1 N–H and O–H groups in total. The van der Waals surface area contributed by atoms with Gasteiger partial charge < -0.3 is 5.11 Å². The van der Waals surface area contributed by atoms with Gasteiger partial charge in [0.25, 0.3) is 5.56 Å². The number of nitrogens with zero attached hydrogens (tertiary/aromatic N) is 2. The van der Waals surface area contributed by atoms with E-state index in [9.17, 15) is 14.0 Å². The number of carboxylic acid groups (broad SMARTS) is 1. The van der Waals surface area contributed by atoms with Gasteiger partial charge in [-0.3, -0.25) is 14.2 Å². The van der Waals surface area contributed by atoms with Gasteiger partial charge in [0.1, 0.15) is 10.5 Å². The molecule has 3 aromatic rings. The van der Waals surface area contributed by atoms with Crippen molar-refractivity contribution in [1.82, 2.24) is 9.55 Å². The normalized spacial score (nSPS) is 11.2. The summed E-state index contributed by atoms with van der Waals surface area (Å²) < 4.78 is 15.4. The Morgan fingerprint density at radius 2 is 2.15 bits per heavy atom. The van der Waals surface area contributed by atoms with Gasteiger partial charge in [0.05, 0.1) is 5.52 Å². The minimum absolute atomic E-state index is 0.0666. The quantitative estimate of drug-likeness (QED) is 0.318. The molecule has 0 saturated carbocycles. The number of carboxylic acids is 1. The van der Waals surface area contributed by atoms with Crippen molar-refractivity contribution in [2.75, 3.05) is 0 Å². The molecule has 0 atom stereocenters. The lowest BCUT2D eigenvalue weighted by Crippen LogP contribution is -2.22. The van der Waals surface area contributed by atoms with Crippen molar-refractivity contribution in [2.24, 2.45) is 0 Å². The molecular weight excluding hydrogens is 411 g/mol. The second kappa shape index (κ2) is 8.86. The average Bonchev–Trinajstić information content (AvgIpc) is 3.08. The highest BCUT2D eigenvalue weighted by atomic mass is 35.5. The van der Waals surface area contributed by atoms with E-state index in [4.69, 9.17) is 16.7 Å². The van der Waals surface area contributed by atoms with E-state index >= 15 is 0 Å². The lowest BCUT2D eigenvalue weighted by Gasteiger charge is -2.12. The Kier molecular flexibility index (Phi) is 6.51. The summed E-state index contributed by atoms with van der Waals surface area (Å²) in [4.78, 5) is 28.0. The first kappa shape index (κ1) is 19.9. The highest BCUT2D eigenvalue weighted by Crippen LogP contribution is 2.27. The minimum atomic E-state index is -0.852. The predicted molar refractivity (Wildman–Crippen MR) is 106 cm³/mol. The SMILES string of the molecule is O=C(O)CCCCn1c(SCc2ccc(F)cc2Cl)nc2ccsc2c1=O. The van der Waals surface area contributed by atoms with Crippen LogP contribution in [0.2, 0.25) is 5.02 Å². The molecule has 5 nitrogen and oxygen atoms in total. The monoisotopic (exact) mass is 426 g/mol. The Labute approximate surface area is 167 Å². The van der Waals surface area contributed by atoms with E-state index in [1.54, 1.807) is 16.7 Å². The maximum absolute atomic E-state index is 13.2. The Balaban J connectivity index is 1.84. The van der Waals surface area contributed by atoms with E-state index in [-0.39, 0.29) is 12.0 Å². The van der Waals surface area contributed by atoms with Crippen LogP contribution in [-0.4, -0.2) is 20.6 Å². The number of thioether (sulfide) groups is 1. The second-order valence-corrected chi connectivity index (χ2v) is 8.13. The molecule has 0 amide bonds. The highest BCUT2D eigenvalue weighted by Gasteiger charge is 2.14. The molecule has 9 heteroatoms. The molecule has 0 aliphatic rings. The van der Waals surface area contributed by atoms with Crippen LogP contribution in [0.1, 0.15) is 24.8 Å². The molecule has 0 bridgehead atoms. The van der Waals surface area contributed by atoms with Crippen LogP contribution in [0.15, 0.2) is 39.6 Å². The summed E-state index contributed by atoms with van der Waals surface area (Å²) in [6, 6.07) is 6.01. The van der Waals surface area contributed by atoms with E-state index < -0.39 is 11.8 Å². The van der Waals surface area contributed by atoms with Gasteiger partial charge in [-0.25, -0.2) is 9.37 Å². The molecule has 0 unspecified atom stereocenters. The Morgan fingerprint density at radius 3 is 2.89 bits per heavy atom. The molecule has 0 saturated heterocycles. The summed E-state index contributed by atoms with van der Waals surface area (Å²) in [7, 11) is 0. The average molecular weight is 427 g/mol. The maximum Gasteiger partial charge on any atom is 0.303 e. The number of benzene rings is 1. The molecule has 0 aliphatic carbocycles. The zero-order chi connectivity index (χ0) is 19.4. The zero-order valence-corrected chi connectivity index (χ0v) is 16.5. The number of unbranched alkanes of at least 4 members (excludes halogenated alkanes) is 1. The molecule has 27 heavy (non-hydrogen) atoms. The van der Waals surface area contributed by atoms with Gasteiger partial charge in [-0.2, -0.15) is 0 Å². The largest absolute Gasteiger partial charge is 0.481 e. The maximum atomic E-state index is 13.2. The fourth-order valence-corrected chi connectivity index (χ4v) is 4.68. The topological polar surface area (TPSA) is 72.2 Å². The molecule has 0 spiro atoms.